The summed E-state index contributed by atoms with van der Waals surface area (Å²) in [6, 6.07) is 89.5. The van der Waals surface area contributed by atoms with Crippen LogP contribution >= 0.6 is 0 Å². The quantitative estimate of drug-likeness (QED) is 0.172. The van der Waals surface area contributed by atoms with Crippen molar-refractivity contribution in [2.45, 2.75) is 10.8 Å². The first-order valence-corrected chi connectivity index (χ1v) is 22.8. The van der Waals surface area contributed by atoms with Crippen LogP contribution in [0.5, 0.6) is 0 Å². The Morgan fingerprint density at radius 2 is 0.662 bits per heavy atom. The van der Waals surface area contributed by atoms with Gasteiger partial charge in [0, 0.05) is 17.1 Å². The van der Waals surface area contributed by atoms with Gasteiger partial charge in [-0.15, -0.1) is 0 Å². The Morgan fingerprint density at radius 3 is 1.28 bits per heavy atom. The standard InChI is InChI=1S/C64H39N/c1-2-19-43(20-3-1)65(44-31-33-51-49-24-10-14-28-56(49)64(60(51)38-44)57-29-15-11-25-50(57)53-36-41-17-4-5-18-42(41)37-59(53)64)45-32-34-52-61(39-45)63(58-35-30-40-16-6-7-21-46(40)62(52)58)54-26-12-8-22-47(54)48-23-9-13-27-55(48)63/h1-39H. The van der Waals surface area contributed by atoms with E-state index in [0.717, 1.165) is 17.1 Å². The SMILES string of the molecule is c1ccc(N(c2ccc3c(c2)C2(c4ccccc4-3)c3ccccc3-c3cc4ccccc4cc32)c2ccc3c(c2)C2(c4ccccc4-c4ccccc42)c2ccc4ccccc4c2-3)cc1. The van der Waals surface area contributed by atoms with Crippen LogP contribution in [0.2, 0.25) is 0 Å². The fraction of sp³-hybridized carbons (Fsp3) is 0.0312. The van der Waals surface area contributed by atoms with Crippen molar-refractivity contribution in [1.82, 2.24) is 0 Å². The van der Waals surface area contributed by atoms with E-state index < -0.39 is 10.8 Å². The average Bonchev–Trinajstić information content (AvgIpc) is 4.05. The summed E-state index contributed by atoms with van der Waals surface area (Å²) in [4.78, 5) is 2.50. The molecule has 1 unspecified atom stereocenters. The molecule has 0 bridgehead atoms. The van der Waals surface area contributed by atoms with Crippen LogP contribution < -0.4 is 4.90 Å². The van der Waals surface area contributed by atoms with Gasteiger partial charge in [0.2, 0.25) is 0 Å². The van der Waals surface area contributed by atoms with Gasteiger partial charge in [-0.2, -0.15) is 0 Å². The molecule has 11 aromatic carbocycles. The molecule has 15 rings (SSSR count). The molecule has 0 radical (unpaired) electrons. The highest BCUT2D eigenvalue weighted by molar-refractivity contribution is 6.07. The molecule has 0 aliphatic heterocycles. The Labute approximate surface area is 378 Å². The van der Waals surface area contributed by atoms with Crippen molar-refractivity contribution in [2.75, 3.05) is 4.90 Å². The fourth-order valence-corrected chi connectivity index (χ4v) is 13.0. The third-order valence-electron chi connectivity index (χ3n) is 15.4. The molecule has 0 amide bonds. The molecule has 0 N–H and O–H groups in total. The lowest BCUT2D eigenvalue weighted by molar-refractivity contribution is 0.793. The molecule has 0 saturated carbocycles. The van der Waals surface area contributed by atoms with Crippen LogP contribution in [-0.2, 0) is 10.8 Å². The van der Waals surface area contributed by atoms with Crippen molar-refractivity contribution in [1.29, 1.82) is 0 Å². The number of hydrogen-bond donors (Lipinski definition) is 0. The van der Waals surface area contributed by atoms with Crippen LogP contribution in [0, 0.1) is 0 Å². The Kier molecular flexibility index (Phi) is 6.88. The highest BCUT2D eigenvalue weighted by Crippen LogP contribution is 2.66. The van der Waals surface area contributed by atoms with Crippen LogP contribution in [0.1, 0.15) is 44.5 Å². The van der Waals surface area contributed by atoms with E-state index in [4.69, 9.17) is 0 Å². The van der Waals surface area contributed by atoms with E-state index in [1.165, 1.54) is 111 Å². The predicted octanol–water partition coefficient (Wildman–Crippen LogP) is 16.1. The van der Waals surface area contributed by atoms with Crippen molar-refractivity contribution in [3.05, 3.63) is 281 Å². The van der Waals surface area contributed by atoms with Gasteiger partial charge < -0.3 is 4.90 Å². The fourth-order valence-electron chi connectivity index (χ4n) is 13.0. The van der Waals surface area contributed by atoms with Gasteiger partial charge in [0.25, 0.3) is 0 Å². The summed E-state index contributed by atoms with van der Waals surface area (Å²) in [7, 11) is 0. The van der Waals surface area contributed by atoms with Crippen molar-refractivity contribution in [3.63, 3.8) is 0 Å². The number of rotatable bonds is 3. The highest BCUT2D eigenvalue weighted by Gasteiger charge is 2.54. The topological polar surface area (TPSA) is 3.24 Å². The van der Waals surface area contributed by atoms with Gasteiger partial charge in [-0.25, -0.2) is 0 Å². The average molecular weight is 822 g/mol. The second-order valence-corrected chi connectivity index (χ2v) is 18.3. The lowest BCUT2D eigenvalue weighted by Gasteiger charge is -2.33. The van der Waals surface area contributed by atoms with Crippen LogP contribution in [-0.4, -0.2) is 0 Å². The first kappa shape index (κ1) is 35.2. The molecule has 1 atom stereocenters. The smallest absolute Gasteiger partial charge is 0.0726 e. The number of fused-ring (bicyclic) bond motifs is 23. The number of para-hydroxylation sites is 1. The maximum Gasteiger partial charge on any atom is 0.0726 e. The Bertz CT molecular complexity index is 3810. The third kappa shape index (κ3) is 4.33. The summed E-state index contributed by atoms with van der Waals surface area (Å²) >= 11 is 0. The minimum Gasteiger partial charge on any atom is -0.310 e. The molecule has 0 fully saturated rings. The van der Waals surface area contributed by atoms with Crippen LogP contribution in [0.3, 0.4) is 0 Å². The van der Waals surface area contributed by atoms with E-state index in [9.17, 15) is 0 Å². The van der Waals surface area contributed by atoms with E-state index >= 15 is 0 Å². The largest absolute Gasteiger partial charge is 0.310 e. The molecule has 2 spiro atoms. The summed E-state index contributed by atoms with van der Waals surface area (Å²) in [6.07, 6.45) is 0. The van der Waals surface area contributed by atoms with Gasteiger partial charge in [0.05, 0.1) is 10.8 Å². The molecule has 0 heterocycles. The molecule has 65 heavy (non-hydrogen) atoms. The number of nitrogens with zero attached hydrogens (tertiary/aromatic N) is 1. The molecular weight excluding hydrogens is 783 g/mol. The second kappa shape index (κ2) is 12.7. The Morgan fingerprint density at radius 1 is 0.231 bits per heavy atom. The van der Waals surface area contributed by atoms with Gasteiger partial charge in [-0.05, 0) is 159 Å². The lowest BCUT2D eigenvalue weighted by Crippen LogP contribution is -2.26. The van der Waals surface area contributed by atoms with E-state index in [1.54, 1.807) is 0 Å². The first-order chi connectivity index (χ1) is 32.2. The minimum atomic E-state index is -0.484. The normalized spacial score (nSPS) is 15.9. The molecule has 4 aliphatic rings. The third-order valence-corrected chi connectivity index (χ3v) is 15.4. The van der Waals surface area contributed by atoms with Crippen LogP contribution in [0.15, 0.2) is 237 Å². The number of benzene rings is 11. The number of anilines is 3. The molecular formula is C64H39N. The Balaban J connectivity index is 1.01. The predicted molar refractivity (Wildman–Crippen MR) is 269 cm³/mol. The zero-order valence-electron chi connectivity index (χ0n) is 35.5. The second-order valence-electron chi connectivity index (χ2n) is 18.3. The van der Waals surface area contributed by atoms with E-state index in [-0.39, 0.29) is 0 Å². The maximum atomic E-state index is 2.53. The van der Waals surface area contributed by atoms with E-state index in [0.29, 0.717) is 0 Å². The van der Waals surface area contributed by atoms with Crippen molar-refractivity contribution < 1.29 is 0 Å². The van der Waals surface area contributed by atoms with Gasteiger partial charge in [0.15, 0.2) is 0 Å². The molecule has 11 aromatic rings. The molecule has 4 aliphatic carbocycles. The molecule has 0 aromatic heterocycles. The molecule has 1 nitrogen and oxygen atoms in total. The molecule has 300 valence electrons. The first-order valence-electron chi connectivity index (χ1n) is 22.8. The highest BCUT2D eigenvalue weighted by atomic mass is 15.1. The van der Waals surface area contributed by atoms with Gasteiger partial charge in [-0.3, -0.25) is 0 Å². The van der Waals surface area contributed by atoms with Crippen molar-refractivity contribution in [3.8, 4) is 44.5 Å². The Hall–Kier alpha value is -8.26. The van der Waals surface area contributed by atoms with E-state index in [1.807, 2.05) is 0 Å². The molecule has 0 saturated heterocycles. The summed E-state index contributed by atoms with van der Waals surface area (Å²) < 4.78 is 0. The zero-order valence-corrected chi connectivity index (χ0v) is 35.5. The molecule has 1 heteroatoms. The number of hydrogen-bond acceptors (Lipinski definition) is 1. The van der Waals surface area contributed by atoms with Crippen molar-refractivity contribution >= 4 is 38.6 Å². The van der Waals surface area contributed by atoms with Gasteiger partial charge >= 0.3 is 0 Å². The monoisotopic (exact) mass is 821 g/mol. The van der Waals surface area contributed by atoms with Crippen LogP contribution in [0.25, 0.3) is 66.1 Å². The maximum absolute atomic E-state index is 2.53. The van der Waals surface area contributed by atoms with Gasteiger partial charge in [-0.1, -0.05) is 188 Å². The van der Waals surface area contributed by atoms with E-state index in [2.05, 4.69) is 241 Å². The van der Waals surface area contributed by atoms with Crippen molar-refractivity contribution in [2.24, 2.45) is 0 Å². The lowest BCUT2D eigenvalue weighted by atomic mass is 9.70. The summed E-state index contributed by atoms with van der Waals surface area (Å²) in [6.45, 7) is 0. The zero-order chi connectivity index (χ0) is 42.4. The summed E-state index contributed by atoms with van der Waals surface area (Å²) in [5.74, 6) is 0. The van der Waals surface area contributed by atoms with Gasteiger partial charge in [0.1, 0.15) is 0 Å². The summed E-state index contributed by atoms with van der Waals surface area (Å²) in [5, 5.41) is 5.10. The minimum absolute atomic E-state index is 0.482. The van der Waals surface area contributed by atoms with Crippen LogP contribution in [0.4, 0.5) is 17.1 Å². The summed E-state index contributed by atoms with van der Waals surface area (Å²) in [5.41, 5.74) is 23.7.